The van der Waals surface area contributed by atoms with Crippen LogP contribution >= 0.6 is 15.9 Å². The summed E-state index contributed by atoms with van der Waals surface area (Å²) in [6.45, 7) is 1.88. The van der Waals surface area contributed by atoms with E-state index in [1.165, 1.54) is 6.08 Å². The number of anilines is 1. The molecule has 1 aromatic rings. The second kappa shape index (κ2) is 6.14. The maximum Gasteiger partial charge on any atom is 0.249 e. The summed E-state index contributed by atoms with van der Waals surface area (Å²) in [6, 6.07) is 5.34. The molecular formula is C11H11BrN2O. The molecule has 0 aliphatic carbocycles. The number of hydrogen-bond acceptors (Lipinski definition) is 2. The normalized spacial score (nSPS) is 11.7. The van der Waals surface area contributed by atoms with Crippen molar-refractivity contribution in [3.05, 3.63) is 47.1 Å². The van der Waals surface area contributed by atoms with Gasteiger partial charge in [-0.25, -0.2) is 4.98 Å². The number of allylic oxidation sites excluding steroid dienone is 3. The van der Waals surface area contributed by atoms with Gasteiger partial charge in [0.25, 0.3) is 0 Å². The molecule has 0 unspecified atom stereocenters. The van der Waals surface area contributed by atoms with Crippen LogP contribution in [-0.2, 0) is 4.79 Å². The molecule has 1 N–H and O–H groups in total. The molecule has 1 amide bonds. The summed E-state index contributed by atoms with van der Waals surface area (Å²) < 4.78 is 0.860. The number of carbonyl (C=O) groups is 1. The number of nitrogens with one attached hydrogen (secondary N) is 1. The number of amides is 1. The second-order valence-corrected chi connectivity index (χ2v) is 3.63. The summed E-state index contributed by atoms with van der Waals surface area (Å²) >= 11 is 3.27. The molecule has 0 spiro atoms. The molecule has 0 bridgehead atoms. The van der Waals surface area contributed by atoms with Crippen LogP contribution in [0.2, 0.25) is 0 Å². The molecule has 0 fully saturated rings. The van der Waals surface area contributed by atoms with E-state index in [1.807, 2.05) is 19.1 Å². The van der Waals surface area contributed by atoms with E-state index in [0.717, 1.165) is 4.48 Å². The Hall–Kier alpha value is -1.42. The number of nitrogens with zero attached hydrogens (tertiary/aromatic N) is 1. The van der Waals surface area contributed by atoms with Crippen LogP contribution in [0.5, 0.6) is 0 Å². The molecular weight excluding hydrogens is 256 g/mol. The predicted octanol–water partition coefficient (Wildman–Crippen LogP) is 2.88. The van der Waals surface area contributed by atoms with Gasteiger partial charge in [0.15, 0.2) is 0 Å². The third kappa shape index (κ3) is 4.56. The highest BCUT2D eigenvalue weighted by Crippen LogP contribution is 2.06. The first-order valence-electron chi connectivity index (χ1n) is 4.44. The molecule has 0 radical (unpaired) electrons. The third-order valence-electron chi connectivity index (χ3n) is 1.59. The molecule has 15 heavy (non-hydrogen) atoms. The van der Waals surface area contributed by atoms with E-state index < -0.39 is 0 Å². The lowest BCUT2D eigenvalue weighted by molar-refractivity contribution is -0.111. The van der Waals surface area contributed by atoms with Crippen molar-refractivity contribution >= 4 is 27.7 Å². The van der Waals surface area contributed by atoms with Gasteiger partial charge in [0.05, 0.1) is 0 Å². The summed E-state index contributed by atoms with van der Waals surface area (Å²) in [7, 11) is 0. The zero-order valence-corrected chi connectivity index (χ0v) is 9.86. The van der Waals surface area contributed by atoms with Crippen molar-refractivity contribution in [2.75, 3.05) is 5.32 Å². The van der Waals surface area contributed by atoms with E-state index in [4.69, 9.17) is 0 Å². The van der Waals surface area contributed by atoms with Crippen LogP contribution in [0.4, 0.5) is 5.82 Å². The molecule has 3 nitrogen and oxygen atoms in total. The average Bonchev–Trinajstić information content (AvgIpc) is 2.27. The Balaban J connectivity index is 2.54. The van der Waals surface area contributed by atoms with Crippen molar-refractivity contribution in [2.45, 2.75) is 6.92 Å². The lowest BCUT2D eigenvalue weighted by Gasteiger charge is -1.98. The fourth-order valence-electron chi connectivity index (χ4n) is 0.856. The van der Waals surface area contributed by atoms with Gasteiger partial charge in [-0.2, -0.15) is 0 Å². The Morgan fingerprint density at radius 2 is 2.27 bits per heavy atom. The minimum atomic E-state index is -0.201. The van der Waals surface area contributed by atoms with Crippen LogP contribution in [0.15, 0.2) is 47.1 Å². The first-order valence-corrected chi connectivity index (χ1v) is 5.23. The Morgan fingerprint density at radius 3 is 2.87 bits per heavy atom. The minimum Gasteiger partial charge on any atom is -0.307 e. The van der Waals surface area contributed by atoms with Crippen LogP contribution in [0.25, 0.3) is 0 Å². The maximum atomic E-state index is 11.3. The number of rotatable bonds is 3. The van der Waals surface area contributed by atoms with E-state index in [-0.39, 0.29) is 5.91 Å². The molecule has 4 heteroatoms. The highest BCUT2D eigenvalue weighted by molar-refractivity contribution is 9.11. The molecule has 1 heterocycles. The Labute approximate surface area is 97.0 Å². The van der Waals surface area contributed by atoms with Crippen LogP contribution < -0.4 is 5.32 Å². The summed E-state index contributed by atoms with van der Waals surface area (Å²) in [5.41, 5.74) is 0. The van der Waals surface area contributed by atoms with Crippen LogP contribution in [0.1, 0.15) is 6.92 Å². The van der Waals surface area contributed by atoms with Gasteiger partial charge in [0.2, 0.25) is 5.91 Å². The Morgan fingerprint density at radius 1 is 1.47 bits per heavy atom. The third-order valence-corrected chi connectivity index (χ3v) is 2.31. The smallest absolute Gasteiger partial charge is 0.249 e. The van der Waals surface area contributed by atoms with Crippen LogP contribution in [0, 0.1) is 0 Å². The lowest BCUT2D eigenvalue weighted by Crippen LogP contribution is -2.08. The van der Waals surface area contributed by atoms with E-state index in [2.05, 4.69) is 26.2 Å². The molecule has 1 rings (SSSR count). The quantitative estimate of drug-likeness (QED) is 0.675. The predicted molar refractivity (Wildman–Crippen MR) is 64.7 cm³/mol. The summed E-state index contributed by atoms with van der Waals surface area (Å²) in [6.07, 6.45) is 6.60. The van der Waals surface area contributed by atoms with Crippen molar-refractivity contribution in [3.63, 3.8) is 0 Å². The van der Waals surface area contributed by atoms with Crippen molar-refractivity contribution in [3.8, 4) is 0 Å². The van der Waals surface area contributed by atoms with Crippen LogP contribution in [-0.4, -0.2) is 10.9 Å². The van der Waals surface area contributed by atoms with E-state index >= 15 is 0 Å². The average molecular weight is 267 g/mol. The van der Waals surface area contributed by atoms with Crippen molar-refractivity contribution in [1.29, 1.82) is 0 Å². The molecule has 0 aromatic carbocycles. The lowest BCUT2D eigenvalue weighted by atomic mass is 10.4. The zero-order chi connectivity index (χ0) is 11.1. The van der Waals surface area contributed by atoms with Crippen molar-refractivity contribution < 1.29 is 4.79 Å². The van der Waals surface area contributed by atoms with Gasteiger partial charge < -0.3 is 5.32 Å². The largest absolute Gasteiger partial charge is 0.307 e. The highest BCUT2D eigenvalue weighted by Gasteiger charge is 1.96. The van der Waals surface area contributed by atoms with Gasteiger partial charge in [-0.3, -0.25) is 4.79 Å². The summed E-state index contributed by atoms with van der Waals surface area (Å²) in [4.78, 5) is 15.3. The standard InChI is InChI=1S/C11H11BrN2O/c1-2-9(12)6-7-11(15)14-10-5-3-4-8-13-10/h2-8H,1H3,(H,13,14,15)/b7-6?,9-2+. The fourth-order valence-corrected chi connectivity index (χ4v) is 0.988. The van der Waals surface area contributed by atoms with Crippen LogP contribution in [0.3, 0.4) is 0 Å². The topological polar surface area (TPSA) is 42.0 Å². The van der Waals surface area contributed by atoms with Gasteiger partial charge in [-0.1, -0.05) is 28.1 Å². The molecule has 0 saturated heterocycles. The second-order valence-electron chi connectivity index (χ2n) is 2.71. The monoisotopic (exact) mass is 266 g/mol. The molecule has 78 valence electrons. The number of hydrogen-bond donors (Lipinski definition) is 1. The molecule has 1 aromatic heterocycles. The first kappa shape index (κ1) is 11.7. The maximum absolute atomic E-state index is 11.3. The van der Waals surface area contributed by atoms with Gasteiger partial charge in [-0.05, 0) is 25.1 Å². The number of pyridine rings is 1. The Bertz CT molecular complexity index is 385. The van der Waals surface area contributed by atoms with Gasteiger partial charge in [0.1, 0.15) is 5.82 Å². The molecule has 0 aliphatic rings. The molecule has 0 aliphatic heterocycles. The minimum absolute atomic E-state index is 0.201. The van der Waals surface area contributed by atoms with E-state index in [9.17, 15) is 4.79 Å². The Kier molecular flexibility index (Phi) is 4.77. The summed E-state index contributed by atoms with van der Waals surface area (Å²) in [5.74, 6) is 0.344. The van der Waals surface area contributed by atoms with E-state index in [0.29, 0.717) is 5.82 Å². The molecule has 0 atom stereocenters. The first-order chi connectivity index (χ1) is 7.22. The fraction of sp³-hybridized carbons (Fsp3) is 0.0909. The van der Waals surface area contributed by atoms with Gasteiger partial charge in [0, 0.05) is 16.8 Å². The van der Waals surface area contributed by atoms with Crippen molar-refractivity contribution in [1.82, 2.24) is 4.98 Å². The van der Waals surface area contributed by atoms with Gasteiger partial charge >= 0.3 is 0 Å². The number of aromatic nitrogens is 1. The number of carbonyl (C=O) groups excluding carboxylic acids is 1. The highest BCUT2D eigenvalue weighted by atomic mass is 79.9. The summed E-state index contributed by atoms with van der Waals surface area (Å²) in [5, 5.41) is 2.64. The molecule has 0 saturated carbocycles. The van der Waals surface area contributed by atoms with E-state index in [1.54, 1.807) is 24.4 Å². The van der Waals surface area contributed by atoms with Crippen molar-refractivity contribution in [2.24, 2.45) is 0 Å². The van der Waals surface area contributed by atoms with Gasteiger partial charge in [-0.15, -0.1) is 0 Å². The zero-order valence-electron chi connectivity index (χ0n) is 8.27. The number of halogens is 1. The SMILES string of the molecule is C/C=C(/Br)C=CC(=O)Nc1ccccn1.